The van der Waals surface area contributed by atoms with Crippen LogP contribution in [0.15, 0.2) is 78.4 Å². The minimum Gasteiger partial charge on any atom is -0.507 e. The van der Waals surface area contributed by atoms with Crippen molar-refractivity contribution in [2.24, 2.45) is 0 Å². The van der Waals surface area contributed by atoms with Crippen molar-refractivity contribution in [2.75, 3.05) is 13.2 Å². The third kappa shape index (κ3) is 5.70. The Morgan fingerprint density at radius 1 is 1.03 bits per heavy atom. The van der Waals surface area contributed by atoms with Crippen molar-refractivity contribution in [3.8, 4) is 11.5 Å². The number of hydrogen-bond acceptors (Lipinski definition) is 5. The SMILES string of the molecule is CCCCCOc1ccc([C@@H]2/C(=C(\O)c3ccc4c(c3)C[C@@H](C)O4)C(=O)C(=O)N2CCc2ccccc2)cc1. The molecule has 2 atom stereocenters. The maximum absolute atomic E-state index is 13.4. The number of hydrogen-bond donors (Lipinski definition) is 1. The second-order valence-electron chi connectivity index (χ2n) is 10.3. The van der Waals surface area contributed by atoms with Crippen LogP contribution in [0.1, 0.15) is 61.4 Å². The second-order valence-corrected chi connectivity index (χ2v) is 10.3. The van der Waals surface area contributed by atoms with E-state index >= 15 is 0 Å². The zero-order valence-electron chi connectivity index (χ0n) is 22.6. The largest absolute Gasteiger partial charge is 0.507 e. The Morgan fingerprint density at radius 2 is 1.79 bits per heavy atom. The van der Waals surface area contributed by atoms with E-state index in [1.165, 1.54) is 0 Å². The summed E-state index contributed by atoms with van der Waals surface area (Å²) in [6.45, 7) is 5.14. The average molecular weight is 526 g/mol. The number of Topliss-reactive ketones (excluding diaryl/α,β-unsaturated/α-hetero) is 1. The third-order valence-electron chi connectivity index (χ3n) is 7.41. The first-order valence-corrected chi connectivity index (χ1v) is 13.8. The molecule has 0 unspecified atom stereocenters. The molecule has 0 aromatic heterocycles. The van der Waals surface area contributed by atoms with Gasteiger partial charge in [-0.25, -0.2) is 0 Å². The summed E-state index contributed by atoms with van der Waals surface area (Å²) >= 11 is 0. The van der Waals surface area contributed by atoms with Crippen LogP contribution in [0.2, 0.25) is 0 Å². The van der Waals surface area contributed by atoms with Gasteiger partial charge in [0.05, 0.1) is 18.2 Å². The molecule has 0 spiro atoms. The Balaban J connectivity index is 1.49. The van der Waals surface area contributed by atoms with E-state index in [1.54, 1.807) is 11.0 Å². The Hall–Kier alpha value is -4.06. The molecule has 2 aliphatic heterocycles. The van der Waals surface area contributed by atoms with Crippen LogP contribution in [0.4, 0.5) is 0 Å². The number of aliphatic hydroxyl groups excluding tert-OH is 1. The van der Waals surface area contributed by atoms with Gasteiger partial charge in [-0.15, -0.1) is 0 Å². The van der Waals surface area contributed by atoms with Gasteiger partial charge in [0.2, 0.25) is 0 Å². The average Bonchev–Trinajstić information content (AvgIpc) is 3.45. The van der Waals surface area contributed by atoms with Crippen LogP contribution in [-0.2, 0) is 22.4 Å². The summed E-state index contributed by atoms with van der Waals surface area (Å²) in [7, 11) is 0. The fraction of sp³-hybridized carbons (Fsp3) is 0.333. The number of carbonyl (C=O) groups excluding carboxylic acids is 2. The van der Waals surface area contributed by atoms with Crippen LogP contribution in [0, 0.1) is 0 Å². The first kappa shape index (κ1) is 26.5. The van der Waals surface area contributed by atoms with Gasteiger partial charge in [0.1, 0.15) is 23.4 Å². The summed E-state index contributed by atoms with van der Waals surface area (Å²) in [4.78, 5) is 28.3. The van der Waals surface area contributed by atoms with E-state index in [9.17, 15) is 14.7 Å². The molecule has 3 aromatic rings. The number of amides is 1. The molecule has 5 rings (SSSR count). The van der Waals surface area contributed by atoms with Crippen molar-refractivity contribution >= 4 is 17.4 Å². The first-order valence-electron chi connectivity index (χ1n) is 13.8. The van der Waals surface area contributed by atoms with E-state index in [0.717, 1.165) is 53.9 Å². The Kier molecular flexibility index (Phi) is 8.01. The van der Waals surface area contributed by atoms with Gasteiger partial charge in [0.25, 0.3) is 11.7 Å². The van der Waals surface area contributed by atoms with E-state index in [4.69, 9.17) is 9.47 Å². The van der Waals surface area contributed by atoms with Gasteiger partial charge < -0.3 is 19.5 Å². The van der Waals surface area contributed by atoms with Crippen LogP contribution in [0.3, 0.4) is 0 Å². The number of fused-ring (bicyclic) bond motifs is 1. The summed E-state index contributed by atoms with van der Waals surface area (Å²) in [5.74, 6) is 0.0890. The van der Waals surface area contributed by atoms with E-state index in [0.29, 0.717) is 25.1 Å². The Morgan fingerprint density at radius 3 is 2.54 bits per heavy atom. The summed E-state index contributed by atoms with van der Waals surface area (Å²) in [6, 6.07) is 22.1. The Bertz CT molecular complexity index is 1360. The number of carbonyl (C=O) groups is 2. The van der Waals surface area contributed by atoms with Crippen molar-refractivity contribution in [2.45, 2.75) is 58.1 Å². The standard InChI is InChI=1S/C33H35NO5/c1-3-4-8-19-38-27-14-11-24(12-15-27)30-29(31(35)25-13-16-28-26(21-25)20-22(2)39-28)32(36)33(37)34(30)18-17-23-9-6-5-7-10-23/h5-7,9-16,21-22,30,35H,3-4,8,17-20H2,1-2H3/b31-29+/t22-,30-/m1/s1. The topological polar surface area (TPSA) is 76.1 Å². The van der Waals surface area contributed by atoms with Gasteiger partial charge in [-0.2, -0.15) is 0 Å². The number of unbranched alkanes of at least 4 members (excludes halogenated alkanes) is 2. The predicted molar refractivity (Wildman–Crippen MR) is 151 cm³/mol. The lowest BCUT2D eigenvalue weighted by molar-refractivity contribution is -0.139. The molecule has 1 fully saturated rings. The van der Waals surface area contributed by atoms with Crippen molar-refractivity contribution in [3.05, 3.63) is 101 Å². The number of benzene rings is 3. The summed E-state index contributed by atoms with van der Waals surface area (Å²) < 4.78 is 11.7. The fourth-order valence-electron chi connectivity index (χ4n) is 5.36. The predicted octanol–water partition coefficient (Wildman–Crippen LogP) is 6.24. The van der Waals surface area contributed by atoms with Crippen LogP contribution in [0.5, 0.6) is 11.5 Å². The molecule has 0 saturated carbocycles. The molecule has 1 amide bonds. The van der Waals surface area contributed by atoms with Crippen molar-refractivity contribution in [3.63, 3.8) is 0 Å². The zero-order valence-corrected chi connectivity index (χ0v) is 22.6. The van der Waals surface area contributed by atoms with Crippen molar-refractivity contribution < 1.29 is 24.2 Å². The highest BCUT2D eigenvalue weighted by atomic mass is 16.5. The Labute approximate surface area is 229 Å². The first-order chi connectivity index (χ1) is 19.0. The molecule has 0 bridgehead atoms. The molecule has 39 heavy (non-hydrogen) atoms. The van der Waals surface area contributed by atoms with Gasteiger partial charge in [-0.05, 0) is 66.8 Å². The maximum atomic E-state index is 13.4. The smallest absolute Gasteiger partial charge is 0.295 e. The number of likely N-dealkylation sites (tertiary alicyclic amines) is 1. The molecule has 2 aliphatic rings. The van der Waals surface area contributed by atoms with Gasteiger partial charge >= 0.3 is 0 Å². The maximum Gasteiger partial charge on any atom is 0.295 e. The summed E-state index contributed by atoms with van der Waals surface area (Å²) in [5, 5.41) is 11.5. The number of ketones is 1. The van der Waals surface area contributed by atoms with Gasteiger partial charge in [-0.1, -0.05) is 62.2 Å². The van der Waals surface area contributed by atoms with Crippen LogP contribution in [0.25, 0.3) is 5.76 Å². The molecule has 6 heteroatoms. The number of nitrogens with zero attached hydrogens (tertiary/aromatic N) is 1. The number of aliphatic hydroxyl groups is 1. The monoisotopic (exact) mass is 525 g/mol. The van der Waals surface area contributed by atoms with E-state index in [1.807, 2.05) is 73.7 Å². The minimum atomic E-state index is -0.703. The van der Waals surface area contributed by atoms with Crippen LogP contribution in [-0.4, -0.2) is 41.0 Å². The number of rotatable bonds is 10. The van der Waals surface area contributed by atoms with Gasteiger partial charge in [0, 0.05) is 18.5 Å². The quantitative estimate of drug-likeness (QED) is 0.147. The van der Waals surface area contributed by atoms with Gasteiger partial charge in [-0.3, -0.25) is 9.59 Å². The molecule has 6 nitrogen and oxygen atoms in total. The highest BCUT2D eigenvalue weighted by molar-refractivity contribution is 6.46. The molecular weight excluding hydrogens is 490 g/mol. The molecule has 0 aliphatic carbocycles. The second kappa shape index (κ2) is 11.8. The molecule has 0 radical (unpaired) electrons. The summed E-state index contributed by atoms with van der Waals surface area (Å²) in [6.07, 6.45) is 4.61. The summed E-state index contributed by atoms with van der Waals surface area (Å²) in [5.41, 5.74) is 3.42. The van der Waals surface area contributed by atoms with Crippen molar-refractivity contribution in [1.29, 1.82) is 0 Å². The van der Waals surface area contributed by atoms with Crippen LogP contribution < -0.4 is 9.47 Å². The lowest BCUT2D eigenvalue weighted by Gasteiger charge is -2.25. The van der Waals surface area contributed by atoms with E-state index < -0.39 is 17.7 Å². The van der Waals surface area contributed by atoms with Crippen LogP contribution >= 0.6 is 0 Å². The fourth-order valence-corrected chi connectivity index (χ4v) is 5.36. The third-order valence-corrected chi connectivity index (χ3v) is 7.41. The normalized spacial score (nSPS) is 19.7. The van der Waals surface area contributed by atoms with E-state index in [2.05, 4.69) is 6.92 Å². The van der Waals surface area contributed by atoms with Gasteiger partial charge in [0.15, 0.2) is 0 Å². The number of ether oxygens (including phenoxy) is 2. The minimum absolute atomic E-state index is 0.0590. The molecule has 1 saturated heterocycles. The zero-order chi connectivity index (χ0) is 27.4. The highest BCUT2D eigenvalue weighted by Gasteiger charge is 2.46. The molecule has 1 N–H and O–H groups in total. The molecule has 202 valence electrons. The lowest BCUT2D eigenvalue weighted by atomic mass is 9.94. The lowest BCUT2D eigenvalue weighted by Crippen LogP contribution is -2.31. The van der Waals surface area contributed by atoms with Crippen molar-refractivity contribution in [1.82, 2.24) is 4.90 Å². The molecule has 3 aromatic carbocycles. The highest BCUT2D eigenvalue weighted by Crippen LogP contribution is 2.41. The molecule has 2 heterocycles. The molecular formula is C33H35NO5. The van der Waals surface area contributed by atoms with E-state index in [-0.39, 0.29) is 17.4 Å².